The highest BCUT2D eigenvalue weighted by atomic mass is 35.5. The molecule has 0 spiro atoms. The molecule has 0 aromatic rings. The van der Waals surface area contributed by atoms with Gasteiger partial charge in [-0.25, -0.2) is 0 Å². The summed E-state index contributed by atoms with van der Waals surface area (Å²) in [5.41, 5.74) is -4.07. The Morgan fingerprint density at radius 2 is 2.00 bits per heavy atom. The predicted molar refractivity (Wildman–Crippen MR) is 52.9 cm³/mol. The molecule has 0 heterocycles. The molecule has 1 rings (SSSR count). The monoisotopic (exact) mass is 258 g/mol. The first-order chi connectivity index (χ1) is 6.40. The van der Waals surface area contributed by atoms with Gasteiger partial charge in [0, 0.05) is 23.2 Å². The van der Waals surface area contributed by atoms with Crippen molar-refractivity contribution in [3.63, 3.8) is 0 Å². The van der Waals surface area contributed by atoms with Crippen LogP contribution in [0.25, 0.3) is 0 Å². The fourth-order valence-corrected chi connectivity index (χ4v) is 1.56. The van der Waals surface area contributed by atoms with Gasteiger partial charge in [-0.3, -0.25) is 0 Å². The largest absolute Gasteiger partial charge is 0.453 e. The standard InChI is InChI=1S/C8H3Cl2F3S/c9-6-1-2-7(10)5(6)3-4-14-8(11,12)13/h1H,2H2. The average molecular weight is 259 g/mol. The molecule has 0 saturated heterocycles. The van der Waals surface area contributed by atoms with Gasteiger partial charge in [0.2, 0.25) is 0 Å². The number of halogens is 5. The Kier molecular flexibility index (Phi) is 3.82. The van der Waals surface area contributed by atoms with E-state index in [9.17, 15) is 13.2 Å². The maximum atomic E-state index is 11.7. The minimum atomic E-state index is -4.35. The molecule has 1 aliphatic carbocycles. The maximum absolute atomic E-state index is 11.7. The summed E-state index contributed by atoms with van der Waals surface area (Å²) in [5.74, 6) is 2.28. The van der Waals surface area contributed by atoms with E-state index in [1.807, 2.05) is 5.25 Å². The van der Waals surface area contributed by atoms with Crippen molar-refractivity contribution in [2.45, 2.75) is 11.9 Å². The van der Waals surface area contributed by atoms with E-state index in [0.717, 1.165) is 0 Å². The molecular formula is C8H3Cl2F3S. The first kappa shape index (κ1) is 11.8. The fourth-order valence-electron chi connectivity index (χ4n) is 0.775. The quantitative estimate of drug-likeness (QED) is 0.587. The highest BCUT2D eigenvalue weighted by Crippen LogP contribution is 2.32. The second-order valence-corrected chi connectivity index (χ2v) is 4.05. The van der Waals surface area contributed by atoms with Crippen LogP contribution in [0.3, 0.4) is 0 Å². The van der Waals surface area contributed by atoms with Gasteiger partial charge in [-0.05, 0) is 5.25 Å². The lowest BCUT2D eigenvalue weighted by molar-refractivity contribution is -0.0318. The van der Waals surface area contributed by atoms with Crippen molar-refractivity contribution in [3.05, 3.63) is 21.7 Å². The van der Waals surface area contributed by atoms with Gasteiger partial charge in [-0.1, -0.05) is 35.2 Å². The summed E-state index contributed by atoms with van der Waals surface area (Å²) in [4.78, 5) is 0. The molecule has 76 valence electrons. The van der Waals surface area contributed by atoms with Gasteiger partial charge in [0.05, 0.1) is 10.6 Å². The van der Waals surface area contributed by atoms with Crippen molar-refractivity contribution in [2.24, 2.45) is 0 Å². The van der Waals surface area contributed by atoms with Gasteiger partial charge in [0.25, 0.3) is 0 Å². The average Bonchev–Trinajstić information content (AvgIpc) is 2.33. The lowest BCUT2D eigenvalue weighted by Crippen LogP contribution is -1.96. The van der Waals surface area contributed by atoms with Crippen LogP contribution in [-0.4, -0.2) is 5.51 Å². The predicted octanol–water partition coefficient (Wildman–Crippen LogP) is 4.22. The minimum Gasteiger partial charge on any atom is -0.160 e. The number of hydrogen-bond donors (Lipinski definition) is 0. The summed E-state index contributed by atoms with van der Waals surface area (Å²) in [6.07, 6.45) is 2.03. The lowest BCUT2D eigenvalue weighted by Gasteiger charge is -1.96. The lowest BCUT2D eigenvalue weighted by atomic mass is 10.3. The van der Waals surface area contributed by atoms with Crippen molar-refractivity contribution in [3.8, 4) is 11.2 Å². The van der Waals surface area contributed by atoms with E-state index < -0.39 is 17.3 Å². The molecular weight excluding hydrogens is 256 g/mol. The van der Waals surface area contributed by atoms with Crippen LogP contribution >= 0.6 is 35.0 Å². The molecule has 14 heavy (non-hydrogen) atoms. The van der Waals surface area contributed by atoms with Gasteiger partial charge in [0.1, 0.15) is 0 Å². The highest BCUT2D eigenvalue weighted by molar-refractivity contribution is 8.04. The zero-order valence-corrected chi connectivity index (χ0v) is 8.91. The smallest absolute Gasteiger partial charge is 0.160 e. The summed E-state index contributed by atoms with van der Waals surface area (Å²) >= 11 is 10.9. The molecule has 0 amide bonds. The summed E-state index contributed by atoms with van der Waals surface area (Å²) in [7, 11) is 0. The van der Waals surface area contributed by atoms with E-state index in [4.69, 9.17) is 23.2 Å². The Bertz CT molecular complexity index is 357. The van der Waals surface area contributed by atoms with Crippen LogP contribution in [0.2, 0.25) is 0 Å². The molecule has 0 saturated carbocycles. The summed E-state index contributed by atoms with van der Waals surface area (Å²) in [6.45, 7) is 0. The fraction of sp³-hybridized carbons (Fsp3) is 0.250. The molecule has 0 aliphatic heterocycles. The van der Waals surface area contributed by atoms with Crippen molar-refractivity contribution < 1.29 is 13.2 Å². The van der Waals surface area contributed by atoms with Crippen LogP contribution in [0.5, 0.6) is 0 Å². The van der Waals surface area contributed by atoms with Crippen molar-refractivity contribution in [1.82, 2.24) is 0 Å². The molecule has 0 N–H and O–H groups in total. The van der Waals surface area contributed by atoms with Crippen LogP contribution in [0.4, 0.5) is 13.2 Å². The third kappa shape index (κ3) is 3.49. The van der Waals surface area contributed by atoms with Gasteiger partial charge in [-0.2, -0.15) is 13.2 Å². The normalized spacial score (nSPS) is 16.5. The topological polar surface area (TPSA) is 0 Å². The van der Waals surface area contributed by atoms with Crippen molar-refractivity contribution in [1.29, 1.82) is 0 Å². The van der Waals surface area contributed by atoms with E-state index in [2.05, 4.69) is 5.92 Å². The Labute approximate surface area is 93.1 Å². The number of hydrogen-bond acceptors (Lipinski definition) is 1. The van der Waals surface area contributed by atoms with Crippen LogP contribution in [-0.2, 0) is 0 Å². The SMILES string of the molecule is FC(F)(F)SC#CC1=C(Cl)CC=C1Cl. The van der Waals surface area contributed by atoms with Crippen LogP contribution in [0.1, 0.15) is 6.42 Å². The molecule has 0 aromatic carbocycles. The van der Waals surface area contributed by atoms with Gasteiger partial charge < -0.3 is 0 Å². The van der Waals surface area contributed by atoms with Gasteiger partial charge in [-0.15, -0.1) is 0 Å². The Morgan fingerprint density at radius 3 is 2.43 bits per heavy atom. The van der Waals surface area contributed by atoms with E-state index >= 15 is 0 Å². The van der Waals surface area contributed by atoms with Crippen molar-refractivity contribution >= 4 is 35.0 Å². The van der Waals surface area contributed by atoms with Crippen LogP contribution in [0.15, 0.2) is 21.7 Å². The Balaban J connectivity index is 2.69. The van der Waals surface area contributed by atoms with E-state index in [1.165, 1.54) is 0 Å². The Morgan fingerprint density at radius 1 is 1.36 bits per heavy atom. The first-order valence-electron chi connectivity index (χ1n) is 3.40. The van der Waals surface area contributed by atoms with Crippen molar-refractivity contribution in [2.75, 3.05) is 0 Å². The number of thioether (sulfide) groups is 1. The van der Waals surface area contributed by atoms with Crippen LogP contribution in [0, 0.1) is 11.2 Å². The molecule has 0 fully saturated rings. The number of rotatable bonds is 0. The molecule has 0 nitrogen and oxygen atoms in total. The molecule has 0 bridgehead atoms. The minimum absolute atomic E-state index is 0.282. The molecule has 0 aromatic heterocycles. The number of allylic oxidation sites excluding steroid dienone is 4. The molecule has 6 heteroatoms. The third-order valence-electron chi connectivity index (χ3n) is 1.31. The zero-order chi connectivity index (χ0) is 10.8. The van der Waals surface area contributed by atoms with Gasteiger partial charge >= 0.3 is 5.51 Å². The molecule has 1 aliphatic rings. The molecule has 0 unspecified atom stereocenters. The molecule has 0 atom stereocenters. The van der Waals surface area contributed by atoms with Gasteiger partial charge in [0.15, 0.2) is 0 Å². The highest BCUT2D eigenvalue weighted by Gasteiger charge is 2.27. The maximum Gasteiger partial charge on any atom is 0.453 e. The third-order valence-corrected chi connectivity index (χ3v) is 2.44. The van der Waals surface area contributed by atoms with E-state index in [0.29, 0.717) is 16.5 Å². The Hall–Kier alpha value is -0.240. The van der Waals surface area contributed by atoms with E-state index in [-0.39, 0.29) is 5.57 Å². The number of alkyl halides is 3. The summed E-state index contributed by atoms with van der Waals surface area (Å²) < 4.78 is 35.1. The van der Waals surface area contributed by atoms with Crippen LogP contribution < -0.4 is 0 Å². The second kappa shape index (κ2) is 4.52. The molecule has 0 radical (unpaired) electrons. The zero-order valence-electron chi connectivity index (χ0n) is 6.58. The summed E-state index contributed by atoms with van der Waals surface area (Å²) in [6, 6.07) is 0. The van der Waals surface area contributed by atoms with E-state index in [1.54, 1.807) is 6.08 Å². The second-order valence-electron chi connectivity index (χ2n) is 2.31. The first-order valence-corrected chi connectivity index (χ1v) is 4.98. The summed E-state index contributed by atoms with van der Waals surface area (Å²) in [5, 5.41) is 2.59.